The molecular formula is C13H18N2O2S. The van der Waals surface area contributed by atoms with E-state index in [1.807, 2.05) is 6.92 Å². The molecule has 98 valence electrons. The third-order valence-electron chi connectivity index (χ3n) is 4.44. The molecular weight excluding hydrogens is 248 g/mol. The van der Waals surface area contributed by atoms with Gasteiger partial charge in [0.25, 0.3) is 0 Å². The van der Waals surface area contributed by atoms with Gasteiger partial charge in [-0.25, -0.2) is 8.42 Å². The fraction of sp³-hybridized carbons (Fsp3) is 0.615. The Balaban J connectivity index is 2.30. The molecule has 0 bridgehead atoms. The Bertz CT molecular complexity index is 589. The summed E-state index contributed by atoms with van der Waals surface area (Å²) in [6.07, 6.45) is 6.87. The van der Waals surface area contributed by atoms with Gasteiger partial charge in [-0.2, -0.15) is 4.31 Å². The molecule has 1 fully saturated rings. The third-order valence-corrected chi connectivity index (χ3v) is 6.55. The molecule has 1 aromatic rings. The second-order valence-corrected chi connectivity index (χ2v) is 7.28. The van der Waals surface area contributed by atoms with Gasteiger partial charge in [0.1, 0.15) is 4.90 Å². The van der Waals surface area contributed by atoms with Crippen molar-refractivity contribution in [2.45, 2.75) is 49.5 Å². The molecule has 1 saturated carbocycles. The standard InChI is InChI=1S/C13H18N2O2S/c1-10-6-9-14-12-11(10)18(16,17)15(2)13(12)7-4-3-5-8-13/h6,9H,3-5,7-8H2,1-2H3. The van der Waals surface area contributed by atoms with Crippen molar-refractivity contribution in [2.75, 3.05) is 7.05 Å². The maximum absolute atomic E-state index is 12.6. The van der Waals surface area contributed by atoms with Crippen LogP contribution in [0.25, 0.3) is 0 Å². The van der Waals surface area contributed by atoms with E-state index in [1.54, 1.807) is 23.6 Å². The van der Waals surface area contributed by atoms with Crippen LogP contribution in [0.15, 0.2) is 17.2 Å². The minimum absolute atomic E-state index is 0.377. The Kier molecular flexibility index (Phi) is 2.54. The Morgan fingerprint density at radius 3 is 2.61 bits per heavy atom. The largest absolute Gasteiger partial charge is 0.258 e. The number of hydrogen-bond donors (Lipinski definition) is 0. The van der Waals surface area contributed by atoms with E-state index in [-0.39, 0.29) is 5.54 Å². The summed E-state index contributed by atoms with van der Waals surface area (Å²) in [6.45, 7) is 1.85. The number of hydrogen-bond acceptors (Lipinski definition) is 3. The van der Waals surface area contributed by atoms with Crippen LogP contribution in [0.1, 0.15) is 43.4 Å². The molecule has 5 heteroatoms. The van der Waals surface area contributed by atoms with Crippen molar-refractivity contribution in [2.24, 2.45) is 0 Å². The summed E-state index contributed by atoms with van der Waals surface area (Å²) in [7, 11) is -1.64. The molecule has 1 aliphatic carbocycles. The molecule has 18 heavy (non-hydrogen) atoms. The monoisotopic (exact) mass is 266 g/mol. The number of pyridine rings is 1. The highest BCUT2D eigenvalue weighted by atomic mass is 32.2. The normalized spacial score (nSPS) is 25.2. The molecule has 0 radical (unpaired) electrons. The average molecular weight is 266 g/mol. The zero-order valence-corrected chi connectivity index (χ0v) is 11.6. The molecule has 2 heterocycles. The van der Waals surface area contributed by atoms with Crippen LogP contribution in [0.3, 0.4) is 0 Å². The molecule has 0 atom stereocenters. The summed E-state index contributed by atoms with van der Waals surface area (Å²) in [5, 5.41) is 0. The summed E-state index contributed by atoms with van der Waals surface area (Å²) >= 11 is 0. The maximum Gasteiger partial charge on any atom is 0.245 e. The minimum Gasteiger partial charge on any atom is -0.258 e. The Labute approximate surface area is 108 Å². The fourth-order valence-corrected chi connectivity index (χ4v) is 5.37. The molecule has 2 aliphatic rings. The first-order chi connectivity index (χ1) is 8.50. The molecule has 3 rings (SSSR count). The van der Waals surface area contributed by atoms with E-state index in [0.717, 1.165) is 36.9 Å². The number of rotatable bonds is 0. The van der Waals surface area contributed by atoms with E-state index < -0.39 is 10.0 Å². The highest BCUT2D eigenvalue weighted by Crippen LogP contribution is 2.50. The smallest absolute Gasteiger partial charge is 0.245 e. The topological polar surface area (TPSA) is 50.3 Å². The lowest BCUT2D eigenvalue weighted by Gasteiger charge is -2.37. The highest BCUT2D eigenvalue weighted by Gasteiger charge is 2.53. The van der Waals surface area contributed by atoms with Crippen LogP contribution in [0.5, 0.6) is 0 Å². The Hall–Kier alpha value is -0.940. The van der Waals surface area contributed by atoms with Gasteiger partial charge in [-0.05, 0) is 31.4 Å². The predicted molar refractivity (Wildman–Crippen MR) is 68.7 cm³/mol. The molecule has 1 aliphatic heterocycles. The summed E-state index contributed by atoms with van der Waals surface area (Å²) < 4.78 is 26.7. The van der Waals surface area contributed by atoms with Crippen LogP contribution in [-0.4, -0.2) is 24.8 Å². The summed E-state index contributed by atoms with van der Waals surface area (Å²) in [4.78, 5) is 4.88. The molecule has 0 N–H and O–H groups in total. The van der Waals surface area contributed by atoms with E-state index in [0.29, 0.717) is 4.90 Å². The summed E-state index contributed by atoms with van der Waals surface area (Å²) in [5.74, 6) is 0. The van der Waals surface area contributed by atoms with Gasteiger partial charge in [0, 0.05) is 13.2 Å². The van der Waals surface area contributed by atoms with E-state index in [4.69, 9.17) is 0 Å². The van der Waals surface area contributed by atoms with E-state index in [1.165, 1.54) is 6.42 Å². The molecule has 0 saturated heterocycles. The maximum atomic E-state index is 12.6. The van der Waals surface area contributed by atoms with Crippen LogP contribution < -0.4 is 0 Å². The van der Waals surface area contributed by atoms with Gasteiger partial charge in [-0.1, -0.05) is 19.3 Å². The number of sulfonamides is 1. The molecule has 1 spiro atoms. The van der Waals surface area contributed by atoms with Crippen LogP contribution in [0, 0.1) is 6.92 Å². The van der Waals surface area contributed by atoms with Crippen molar-refractivity contribution in [3.8, 4) is 0 Å². The first-order valence-corrected chi connectivity index (χ1v) is 7.89. The van der Waals surface area contributed by atoms with Crippen LogP contribution in [0.2, 0.25) is 0 Å². The summed E-state index contributed by atoms with van der Waals surface area (Å²) in [6, 6.07) is 1.78. The van der Waals surface area contributed by atoms with Gasteiger partial charge in [0.2, 0.25) is 10.0 Å². The van der Waals surface area contributed by atoms with Gasteiger partial charge in [-0.3, -0.25) is 4.98 Å². The number of nitrogens with zero attached hydrogens (tertiary/aromatic N) is 2. The number of aromatic nitrogens is 1. The van der Waals surface area contributed by atoms with Gasteiger partial charge in [0.05, 0.1) is 11.2 Å². The van der Waals surface area contributed by atoms with Crippen molar-refractivity contribution in [3.05, 3.63) is 23.5 Å². The molecule has 1 aromatic heterocycles. The van der Waals surface area contributed by atoms with E-state index in [2.05, 4.69) is 4.98 Å². The lowest BCUT2D eigenvalue weighted by Crippen LogP contribution is -2.42. The Morgan fingerprint density at radius 2 is 1.94 bits per heavy atom. The van der Waals surface area contributed by atoms with Crippen molar-refractivity contribution in [1.29, 1.82) is 0 Å². The zero-order chi connectivity index (χ0) is 13.0. The molecule has 0 amide bonds. The second kappa shape index (κ2) is 3.78. The molecule has 0 unspecified atom stereocenters. The Morgan fingerprint density at radius 1 is 1.28 bits per heavy atom. The SMILES string of the molecule is Cc1ccnc2c1S(=O)(=O)N(C)C21CCCCC1. The van der Waals surface area contributed by atoms with Crippen molar-refractivity contribution in [1.82, 2.24) is 9.29 Å². The zero-order valence-electron chi connectivity index (χ0n) is 10.8. The molecule has 4 nitrogen and oxygen atoms in total. The first kappa shape index (κ1) is 12.1. The van der Waals surface area contributed by atoms with E-state index in [9.17, 15) is 8.42 Å². The van der Waals surface area contributed by atoms with Crippen molar-refractivity contribution in [3.63, 3.8) is 0 Å². The average Bonchev–Trinajstić information content (AvgIpc) is 2.52. The van der Waals surface area contributed by atoms with Gasteiger partial charge < -0.3 is 0 Å². The van der Waals surface area contributed by atoms with Crippen molar-refractivity contribution < 1.29 is 8.42 Å². The fourth-order valence-electron chi connectivity index (χ4n) is 3.41. The van der Waals surface area contributed by atoms with Crippen molar-refractivity contribution >= 4 is 10.0 Å². The highest BCUT2D eigenvalue weighted by molar-refractivity contribution is 7.89. The second-order valence-electron chi connectivity index (χ2n) is 5.37. The van der Waals surface area contributed by atoms with Crippen LogP contribution in [-0.2, 0) is 15.6 Å². The predicted octanol–water partition coefficient (Wildman–Crippen LogP) is 2.18. The quantitative estimate of drug-likeness (QED) is 0.723. The number of aryl methyl sites for hydroxylation is 1. The first-order valence-electron chi connectivity index (χ1n) is 6.45. The van der Waals surface area contributed by atoms with Crippen LogP contribution >= 0.6 is 0 Å². The van der Waals surface area contributed by atoms with E-state index >= 15 is 0 Å². The number of fused-ring (bicyclic) bond motifs is 2. The third kappa shape index (κ3) is 1.34. The summed E-state index contributed by atoms with van der Waals surface area (Å²) in [5.41, 5.74) is 1.22. The van der Waals surface area contributed by atoms with Gasteiger partial charge in [-0.15, -0.1) is 0 Å². The lowest BCUT2D eigenvalue weighted by atomic mass is 9.79. The molecule has 0 aromatic carbocycles. The minimum atomic E-state index is -3.35. The van der Waals surface area contributed by atoms with Gasteiger partial charge in [0.15, 0.2) is 0 Å². The van der Waals surface area contributed by atoms with Crippen LogP contribution in [0.4, 0.5) is 0 Å². The van der Waals surface area contributed by atoms with Gasteiger partial charge >= 0.3 is 0 Å². The lowest BCUT2D eigenvalue weighted by molar-refractivity contribution is 0.155.